The highest BCUT2D eigenvalue weighted by Crippen LogP contribution is 2.27. The van der Waals surface area contributed by atoms with Crippen LogP contribution in [0, 0.1) is 5.92 Å². The number of piperazine rings is 1. The predicted octanol–water partition coefficient (Wildman–Crippen LogP) is 1.87. The highest BCUT2D eigenvalue weighted by molar-refractivity contribution is 5.83. The molecule has 1 saturated carbocycles. The van der Waals surface area contributed by atoms with Crippen LogP contribution in [0.5, 0.6) is 0 Å². The first-order valence-electron chi connectivity index (χ1n) is 7.11. The Balaban J connectivity index is 1.81. The third-order valence-electron chi connectivity index (χ3n) is 3.67. The highest BCUT2D eigenvalue weighted by atomic mass is 16.6. The van der Waals surface area contributed by atoms with Crippen LogP contribution in [0.1, 0.15) is 40.0 Å². The maximum absolute atomic E-state index is 12.0. The Morgan fingerprint density at radius 2 is 2.00 bits per heavy atom. The van der Waals surface area contributed by atoms with E-state index in [0.29, 0.717) is 19.0 Å². The van der Waals surface area contributed by atoms with Gasteiger partial charge in [0.25, 0.3) is 0 Å². The Bertz CT molecular complexity index is 358. The van der Waals surface area contributed by atoms with Crippen LogP contribution >= 0.6 is 0 Å². The Kier molecular flexibility index (Phi) is 4.02. The lowest BCUT2D eigenvalue weighted by Crippen LogP contribution is -2.54. The van der Waals surface area contributed by atoms with Crippen molar-refractivity contribution in [2.45, 2.75) is 45.6 Å². The second-order valence-electron chi connectivity index (χ2n) is 6.54. The number of amides is 2. The van der Waals surface area contributed by atoms with E-state index >= 15 is 0 Å². The average Bonchev–Trinajstić information content (AvgIpc) is 2.22. The minimum Gasteiger partial charge on any atom is -0.444 e. The maximum atomic E-state index is 12.0. The standard InChI is InChI=1S/C14H24N2O3/c1-14(2,3)19-13(18)16-8-7-15(12(17)10-16)9-11-5-4-6-11/h11H,4-10H2,1-3H3. The molecule has 5 nitrogen and oxygen atoms in total. The third kappa shape index (κ3) is 3.85. The number of carbonyl (C=O) groups is 2. The molecular weight excluding hydrogens is 244 g/mol. The lowest BCUT2D eigenvalue weighted by Gasteiger charge is -2.38. The van der Waals surface area contributed by atoms with Gasteiger partial charge in [-0.15, -0.1) is 0 Å². The fraction of sp³-hybridized carbons (Fsp3) is 0.857. The molecule has 0 aromatic heterocycles. The van der Waals surface area contributed by atoms with E-state index in [1.165, 1.54) is 24.2 Å². The quantitative estimate of drug-likeness (QED) is 0.768. The summed E-state index contributed by atoms with van der Waals surface area (Å²) >= 11 is 0. The van der Waals surface area contributed by atoms with Crippen LogP contribution in [-0.4, -0.2) is 53.6 Å². The summed E-state index contributed by atoms with van der Waals surface area (Å²) in [4.78, 5) is 27.3. The van der Waals surface area contributed by atoms with Gasteiger partial charge in [0.1, 0.15) is 12.1 Å². The molecule has 0 atom stereocenters. The van der Waals surface area contributed by atoms with Crippen molar-refractivity contribution in [3.05, 3.63) is 0 Å². The van der Waals surface area contributed by atoms with Crippen molar-refractivity contribution in [1.82, 2.24) is 9.80 Å². The van der Waals surface area contributed by atoms with Gasteiger partial charge in [0.15, 0.2) is 0 Å². The SMILES string of the molecule is CC(C)(C)OC(=O)N1CCN(CC2CCC2)C(=O)C1. The predicted molar refractivity (Wildman–Crippen MR) is 71.7 cm³/mol. The molecule has 0 radical (unpaired) electrons. The van der Waals surface area contributed by atoms with E-state index in [4.69, 9.17) is 4.74 Å². The number of hydrogen-bond acceptors (Lipinski definition) is 3. The van der Waals surface area contributed by atoms with E-state index in [-0.39, 0.29) is 18.5 Å². The highest BCUT2D eigenvalue weighted by Gasteiger charge is 2.32. The van der Waals surface area contributed by atoms with Crippen molar-refractivity contribution >= 4 is 12.0 Å². The van der Waals surface area contributed by atoms with Crippen LogP contribution in [0.25, 0.3) is 0 Å². The molecule has 19 heavy (non-hydrogen) atoms. The van der Waals surface area contributed by atoms with Crippen LogP contribution < -0.4 is 0 Å². The van der Waals surface area contributed by atoms with Gasteiger partial charge in [-0.1, -0.05) is 6.42 Å². The summed E-state index contributed by atoms with van der Waals surface area (Å²) in [6, 6.07) is 0. The molecule has 1 aliphatic heterocycles. The molecule has 2 amide bonds. The van der Waals surface area contributed by atoms with Gasteiger partial charge in [-0.25, -0.2) is 4.79 Å². The van der Waals surface area contributed by atoms with Gasteiger partial charge in [-0.2, -0.15) is 0 Å². The Labute approximate surface area is 114 Å². The van der Waals surface area contributed by atoms with Gasteiger partial charge in [0.05, 0.1) is 0 Å². The molecule has 5 heteroatoms. The monoisotopic (exact) mass is 268 g/mol. The van der Waals surface area contributed by atoms with E-state index in [2.05, 4.69) is 0 Å². The van der Waals surface area contributed by atoms with Gasteiger partial charge in [0.2, 0.25) is 5.91 Å². The first-order valence-corrected chi connectivity index (χ1v) is 7.11. The van der Waals surface area contributed by atoms with Gasteiger partial charge in [-0.05, 0) is 39.5 Å². The van der Waals surface area contributed by atoms with E-state index in [9.17, 15) is 9.59 Å². The van der Waals surface area contributed by atoms with Gasteiger partial charge in [-0.3, -0.25) is 9.69 Å². The molecule has 2 rings (SSSR count). The maximum Gasteiger partial charge on any atom is 0.410 e. The van der Waals surface area contributed by atoms with Crippen molar-refractivity contribution in [1.29, 1.82) is 0 Å². The van der Waals surface area contributed by atoms with Crippen LogP contribution in [0.3, 0.4) is 0 Å². The summed E-state index contributed by atoms with van der Waals surface area (Å²) in [6.07, 6.45) is 3.37. The van der Waals surface area contributed by atoms with Gasteiger partial charge >= 0.3 is 6.09 Å². The van der Waals surface area contributed by atoms with Gasteiger partial charge < -0.3 is 9.64 Å². The van der Waals surface area contributed by atoms with Crippen molar-refractivity contribution in [3.63, 3.8) is 0 Å². The zero-order valence-corrected chi connectivity index (χ0v) is 12.1. The molecule has 108 valence electrons. The summed E-state index contributed by atoms with van der Waals surface area (Å²) in [7, 11) is 0. The molecule has 0 N–H and O–H groups in total. The van der Waals surface area contributed by atoms with Crippen LogP contribution in [0.4, 0.5) is 4.79 Å². The summed E-state index contributed by atoms with van der Waals surface area (Å²) < 4.78 is 5.29. The largest absolute Gasteiger partial charge is 0.444 e. The molecule has 0 bridgehead atoms. The van der Waals surface area contributed by atoms with Crippen molar-refractivity contribution in [2.24, 2.45) is 5.92 Å². The summed E-state index contributed by atoms with van der Waals surface area (Å²) in [5.74, 6) is 0.723. The molecule has 0 aromatic carbocycles. The number of hydrogen-bond donors (Lipinski definition) is 0. The van der Waals surface area contributed by atoms with Crippen molar-refractivity contribution < 1.29 is 14.3 Å². The average molecular weight is 268 g/mol. The lowest BCUT2D eigenvalue weighted by atomic mass is 9.85. The molecule has 1 heterocycles. The molecule has 0 spiro atoms. The summed E-state index contributed by atoms with van der Waals surface area (Å²) in [5.41, 5.74) is -0.511. The summed E-state index contributed by atoms with van der Waals surface area (Å²) in [6.45, 7) is 7.73. The fourth-order valence-corrected chi connectivity index (χ4v) is 2.37. The second kappa shape index (κ2) is 5.39. The first-order chi connectivity index (χ1) is 8.85. The third-order valence-corrected chi connectivity index (χ3v) is 3.67. The van der Waals surface area contributed by atoms with E-state index in [1.54, 1.807) is 0 Å². The first kappa shape index (κ1) is 14.2. The molecule has 1 saturated heterocycles. The fourth-order valence-electron chi connectivity index (χ4n) is 2.37. The second-order valence-corrected chi connectivity index (χ2v) is 6.54. The number of carbonyl (C=O) groups excluding carboxylic acids is 2. The lowest BCUT2D eigenvalue weighted by molar-refractivity contribution is -0.137. The molecule has 1 aliphatic carbocycles. The normalized spacial score (nSPS) is 21.3. The Morgan fingerprint density at radius 3 is 2.47 bits per heavy atom. The van der Waals surface area contributed by atoms with Crippen molar-refractivity contribution in [2.75, 3.05) is 26.2 Å². The van der Waals surface area contributed by atoms with Crippen LogP contribution in [-0.2, 0) is 9.53 Å². The zero-order valence-electron chi connectivity index (χ0n) is 12.1. The van der Waals surface area contributed by atoms with E-state index in [0.717, 1.165) is 6.54 Å². The topological polar surface area (TPSA) is 49.9 Å². The van der Waals surface area contributed by atoms with E-state index in [1.807, 2.05) is 25.7 Å². The zero-order chi connectivity index (χ0) is 14.0. The Morgan fingerprint density at radius 1 is 1.32 bits per heavy atom. The molecular formula is C14H24N2O3. The van der Waals surface area contributed by atoms with Crippen LogP contribution in [0.15, 0.2) is 0 Å². The smallest absolute Gasteiger partial charge is 0.410 e. The minimum atomic E-state index is -0.511. The molecule has 2 fully saturated rings. The molecule has 0 unspecified atom stereocenters. The minimum absolute atomic E-state index is 0.0454. The van der Waals surface area contributed by atoms with Crippen molar-refractivity contribution in [3.8, 4) is 0 Å². The van der Waals surface area contributed by atoms with E-state index < -0.39 is 5.60 Å². The van der Waals surface area contributed by atoms with Crippen LogP contribution in [0.2, 0.25) is 0 Å². The Hall–Kier alpha value is -1.26. The summed E-state index contributed by atoms with van der Waals surface area (Å²) in [5, 5.41) is 0. The molecule has 2 aliphatic rings. The molecule has 0 aromatic rings. The number of ether oxygens (including phenoxy) is 1. The van der Waals surface area contributed by atoms with Gasteiger partial charge in [0, 0.05) is 19.6 Å². The number of nitrogens with zero attached hydrogens (tertiary/aromatic N) is 2. The number of rotatable bonds is 2.